The minimum absolute atomic E-state index is 0.00197. The van der Waals surface area contributed by atoms with Crippen LogP contribution in [-0.2, 0) is 6.54 Å². The molecule has 2 saturated heterocycles. The van der Waals surface area contributed by atoms with E-state index in [1.807, 2.05) is 4.90 Å². The van der Waals surface area contributed by atoms with Gasteiger partial charge in [0.05, 0.1) is 31.0 Å². The number of ether oxygens (including phenoxy) is 1. The lowest BCUT2D eigenvalue weighted by atomic mass is 10.1. The molecule has 0 unspecified atom stereocenters. The van der Waals surface area contributed by atoms with E-state index in [4.69, 9.17) is 10.5 Å². The second kappa shape index (κ2) is 12.0. The van der Waals surface area contributed by atoms with Crippen LogP contribution in [0.15, 0.2) is 48.9 Å². The molecule has 45 heavy (non-hydrogen) atoms. The molecule has 0 aliphatic carbocycles. The van der Waals surface area contributed by atoms with E-state index in [0.29, 0.717) is 28.9 Å². The number of anilines is 1. The molecule has 5 heterocycles. The third-order valence-electron chi connectivity index (χ3n) is 8.18. The van der Waals surface area contributed by atoms with E-state index < -0.39 is 35.8 Å². The highest BCUT2D eigenvalue weighted by Gasteiger charge is 2.38. The molecule has 3 aromatic heterocycles. The van der Waals surface area contributed by atoms with Gasteiger partial charge < -0.3 is 20.7 Å². The molecule has 236 valence electrons. The van der Waals surface area contributed by atoms with E-state index in [9.17, 15) is 22.8 Å². The Bertz CT molecular complexity index is 1760. The van der Waals surface area contributed by atoms with Gasteiger partial charge in [0.15, 0.2) is 5.82 Å². The quantitative estimate of drug-likeness (QED) is 0.299. The SMILES string of the molecule is COc1ncc(-c2cc(CN3CCC(F)(F)CC3)c3c(N)ncnn23)cc1C(=O)N[C@@H]1CN(C(=O)c2ccccc2F)C[C@@H]1F. The molecule has 0 saturated carbocycles. The summed E-state index contributed by atoms with van der Waals surface area (Å²) in [7, 11) is 1.34. The fourth-order valence-corrected chi connectivity index (χ4v) is 5.78. The topological polar surface area (TPSA) is 131 Å². The molecule has 3 N–H and O–H groups in total. The van der Waals surface area contributed by atoms with Crippen molar-refractivity contribution >= 4 is 23.1 Å². The van der Waals surface area contributed by atoms with Crippen molar-refractivity contribution in [2.75, 3.05) is 39.0 Å². The van der Waals surface area contributed by atoms with Crippen molar-refractivity contribution < 1.29 is 31.9 Å². The molecule has 6 rings (SSSR count). The molecule has 2 atom stereocenters. The van der Waals surface area contributed by atoms with Gasteiger partial charge in [-0.25, -0.2) is 32.0 Å². The Hall–Kier alpha value is -4.79. The van der Waals surface area contributed by atoms with Crippen LogP contribution in [0.1, 0.15) is 39.1 Å². The number of methoxy groups -OCH3 is 1. The zero-order chi connectivity index (χ0) is 31.9. The van der Waals surface area contributed by atoms with Crippen molar-refractivity contribution in [3.8, 4) is 17.1 Å². The number of rotatable bonds is 7. The van der Waals surface area contributed by atoms with Crippen LogP contribution in [0.5, 0.6) is 5.88 Å². The number of hydrogen-bond acceptors (Lipinski definition) is 8. The largest absolute Gasteiger partial charge is 0.480 e. The number of nitrogens with zero attached hydrogens (tertiary/aromatic N) is 6. The summed E-state index contributed by atoms with van der Waals surface area (Å²) in [6, 6.07) is 7.66. The van der Waals surface area contributed by atoms with E-state index >= 15 is 4.39 Å². The van der Waals surface area contributed by atoms with Gasteiger partial charge in [-0.05, 0) is 29.8 Å². The summed E-state index contributed by atoms with van der Waals surface area (Å²) < 4.78 is 63.6. The van der Waals surface area contributed by atoms with E-state index in [0.717, 1.165) is 11.0 Å². The number of likely N-dealkylation sites (tertiary alicyclic amines) is 2. The van der Waals surface area contributed by atoms with Crippen LogP contribution >= 0.6 is 0 Å². The average Bonchev–Trinajstić information content (AvgIpc) is 3.58. The lowest BCUT2D eigenvalue weighted by molar-refractivity contribution is -0.0565. The van der Waals surface area contributed by atoms with Gasteiger partial charge >= 0.3 is 0 Å². The van der Waals surface area contributed by atoms with Crippen LogP contribution in [0, 0.1) is 5.82 Å². The predicted molar refractivity (Wildman–Crippen MR) is 155 cm³/mol. The Kier molecular flexibility index (Phi) is 8.03. The average molecular weight is 627 g/mol. The normalized spacial score (nSPS) is 20.0. The molecule has 2 aliphatic rings. The van der Waals surface area contributed by atoms with Crippen molar-refractivity contribution in [1.82, 2.24) is 34.7 Å². The van der Waals surface area contributed by atoms with Crippen molar-refractivity contribution in [3.63, 3.8) is 0 Å². The fraction of sp³-hybridized carbons (Fsp3) is 0.367. The third-order valence-corrected chi connectivity index (χ3v) is 8.18. The summed E-state index contributed by atoms with van der Waals surface area (Å²) in [6.45, 7) is 0.266. The lowest BCUT2D eigenvalue weighted by Crippen LogP contribution is -2.42. The molecule has 1 aromatic carbocycles. The molecule has 4 aromatic rings. The predicted octanol–water partition coefficient (Wildman–Crippen LogP) is 3.34. The summed E-state index contributed by atoms with van der Waals surface area (Å²) in [5, 5.41) is 6.95. The summed E-state index contributed by atoms with van der Waals surface area (Å²) in [5.41, 5.74) is 8.18. The number of halogens is 4. The third kappa shape index (κ3) is 5.99. The maximum absolute atomic E-state index is 15.0. The number of fused-ring (bicyclic) bond motifs is 1. The minimum Gasteiger partial charge on any atom is -0.480 e. The van der Waals surface area contributed by atoms with Crippen LogP contribution in [0.4, 0.5) is 23.4 Å². The van der Waals surface area contributed by atoms with Gasteiger partial charge in [0.2, 0.25) is 5.88 Å². The number of nitrogen functional groups attached to an aromatic ring is 1. The second-order valence-corrected chi connectivity index (χ2v) is 11.2. The van der Waals surface area contributed by atoms with E-state index in [1.165, 1.54) is 43.9 Å². The van der Waals surface area contributed by atoms with Crippen LogP contribution in [0.2, 0.25) is 0 Å². The minimum atomic E-state index is -2.69. The van der Waals surface area contributed by atoms with Crippen LogP contribution in [0.25, 0.3) is 16.8 Å². The van der Waals surface area contributed by atoms with Gasteiger partial charge in [-0.1, -0.05) is 12.1 Å². The maximum Gasteiger partial charge on any atom is 0.257 e. The fourth-order valence-electron chi connectivity index (χ4n) is 5.78. The highest BCUT2D eigenvalue weighted by Crippen LogP contribution is 2.33. The number of nitrogens with two attached hydrogens (primary N) is 1. The van der Waals surface area contributed by atoms with Gasteiger partial charge in [-0.3, -0.25) is 14.5 Å². The summed E-state index contributed by atoms with van der Waals surface area (Å²) in [6.07, 6.45) is 0.668. The molecule has 2 fully saturated rings. The van der Waals surface area contributed by atoms with Crippen molar-refractivity contribution in [2.45, 2.75) is 37.5 Å². The number of pyridine rings is 1. The Morgan fingerprint density at radius 3 is 2.60 bits per heavy atom. The number of amides is 2. The van der Waals surface area contributed by atoms with Crippen molar-refractivity contribution in [1.29, 1.82) is 0 Å². The van der Waals surface area contributed by atoms with Crippen molar-refractivity contribution in [2.24, 2.45) is 0 Å². The standard InChI is InChI=1S/C30H30F4N8O3/c1-45-28-20(27(43)39-23-15-41(14-22(23)32)29(44)19-4-2-3-5-21(19)31)10-17(12-36-28)24-11-18(25-26(35)37-16-38-42(24)25)13-40-8-6-30(33,34)7-9-40/h2-5,10-12,16,22-23H,6-9,13-15H2,1H3,(H,39,43)(H2,35,37,38)/t22-,23+/m0/s1. The van der Waals surface area contributed by atoms with Gasteiger partial charge in [-0.2, -0.15) is 5.10 Å². The molecule has 2 amide bonds. The number of carbonyl (C=O) groups excluding carboxylic acids is 2. The molecule has 2 aliphatic heterocycles. The highest BCUT2D eigenvalue weighted by molar-refractivity contribution is 5.98. The van der Waals surface area contributed by atoms with Gasteiger partial charge in [0.1, 0.15) is 29.4 Å². The molecular weight excluding hydrogens is 596 g/mol. The van der Waals surface area contributed by atoms with E-state index in [-0.39, 0.29) is 61.8 Å². The van der Waals surface area contributed by atoms with Crippen LogP contribution in [-0.4, -0.2) is 92.6 Å². The molecular formula is C30H30F4N8O3. The summed E-state index contributed by atoms with van der Waals surface area (Å²) in [4.78, 5) is 37.7. The zero-order valence-electron chi connectivity index (χ0n) is 24.2. The number of alkyl halides is 3. The number of benzene rings is 1. The Labute approximate surface area is 255 Å². The first kappa shape index (κ1) is 30.2. The van der Waals surface area contributed by atoms with Gasteiger partial charge in [-0.15, -0.1) is 0 Å². The van der Waals surface area contributed by atoms with Crippen LogP contribution in [0.3, 0.4) is 0 Å². The van der Waals surface area contributed by atoms with Gasteiger partial charge in [0, 0.05) is 50.8 Å². The number of aromatic nitrogens is 4. The number of nitrogens with one attached hydrogen (secondary N) is 1. The van der Waals surface area contributed by atoms with E-state index in [1.54, 1.807) is 10.6 Å². The number of piperidine rings is 1. The first-order valence-electron chi connectivity index (χ1n) is 14.3. The molecule has 15 heteroatoms. The first-order valence-corrected chi connectivity index (χ1v) is 14.3. The molecule has 11 nitrogen and oxygen atoms in total. The zero-order valence-corrected chi connectivity index (χ0v) is 24.2. The number of hydrogen-bond donors (Lipinski definition) is 2. The lowest BCUT2D eigenvalue weighted by Gasteiger charge is -2.31. The smallest absolute Gasteiger partial charge is 0.257 e. The highest BCUT2D eigenvalue weighted by atomic mass is 19.3. The summed E-state index contributed by atoms with van der Waals surface area (Å²) in [5.74, 6) is -4.61. The monoisotopic (exact) mass is 626 g/mol. The molecule has 0 radical (unpaired) electrons. The summed E-state index contributed by atoms with van der Waals surface area (Å²) >= 11 is 0. The molecule has 0 bridgehead atoms. The second-order valence-electron chi connectivity index (χ2n) is 11.2. The maximum atomic E-state index is 15.0. The van der Waals surface area contributed by atoms with Crippen LogP contribution < -0.4 is 15.8 Å². The first-order chi connectivity index (χ1) is 21.5. The van der Waals surface area contributed by atoms with Crippen molar-refractivity contribution in [3.05, 3.63) is 71.4 Å². The Balaban J connectivity index is 1.25. The number of carbonyl (C=O) groups is 2. The van der Waals surface area contributed by atoms with E-state index in [2.05, 4.69) is 20.4 Å². The molecule has 0 spiro atoms. The Morgan fingerprint density at radius 2 is 1.87 bits per heavy atom. The van der Waals surface area contributed by atoms with Gasteiger partial charge in [0.25, 0.3) is 17.7 Å². The Morgan fingerprint density at radius 1 is 1.11 bits per heavy atom.